The summed E-state index contributed by atoms with van der Waals surface area (Å²) >= 11 is 4.67. The molecule has 0 radical (unpaired) electrons. The first-order valence-electron chi connectivity index (χ1n) is 8.25. The van der Waals surface area contributed by atoms with E-state index in [2.05, 4.69) is 33.6 Å². The van der Waals surface area contributed by atoms with E-state index in [-0.39, 0.29) is 18.1 Å². The predicted octanol–water partition coefficient (Wildman–Crippen LogP) is 4.82. The van der Waals surface area contributed by atoms with Crippen LogP contribution in [0.25, 0.3) is 10.6 Å². The molecule has 0 saturated carbocycles. The largest absolute Gasteiger partial charge is 0.261 e. The van der Waals surface area contributed by atoms with Gasteiger partial charge >= 0.3 is 0 Å². The van der Waals surface area contributed by atoms with E-state index >= 15 is 0 Å². The van der Waals surface area contributed by atoms with Gasteiger partial charge in [0.1, 0.15) is 5.01 Å². The minimum atomic E-state index is -3.81. The second-order valence-electron chi connectivity index (χ2n) is 5.90. The Labute approximate surface area is 176 Å². The van der Waals surface area contributed by atoms with E-state index in [1.807, 2.05) is 24.3 Å². The van der Waals surface area contributed by atoms with Gasteiger partial charge in [-0.1, -0.05) is 46.3 Å². The Kier molecular flexibility index (Phi) is 6.42. The van der Waals surface area contributed by atoms with E-state index in [1.165, 1.54) is 21.7 Å². The third-order valence-corrected chi connectivity index (χ3v) is 7.19. The van der Waals surface area contributed by atoms with Crippen LogP contribution in [0.3, 0.4) is 0 Å². The molecule has 0 aliphatic heterocycles. The summed E-state index contributed by atoms with van der Waals surface area (Å²) in [5.41, 5.74) is 2.07. The molecule has 1 aromatic heterocycles. The quantitative estimate of drug-likeness (QED) is 0.460. The molecule has 3 aromatic rings. The lowest BCUT2D eigenvalue weighted by Gasteiger charge is -2.19. The second-order valence-corrected chi connectivity index (χ2v) is 9.55. The number of hydrogen-bond acceptors (Lipinski definition) is 5. The van der Waals surface area contributed by atoms with Crippen LogP contribution in [0.1, 0.15) is 11.1 Å². The summed E-state index contributed by atoms with van der Waals surface area (Å²) < 4.78 is 28.5. The summed E-state index contributed by atoms with van der Waals surface area (Å²) in [6.45, 7) is 3.94. The number of aromatic nitrogens is 1. The molecule has 0 aliphatic rings. The van der Waals surface area contributed by atoms with Crippen molar-refractivity contribution in [2.45, 2.75) is 11.6 Å². The zero-order chi connectivity index (χ0) is 20.1. The normalized spacial score (nSPS) is 11.3. The van der Waals surface area contributed by atoms with Crippen LogP contribution in [0, 0.1) is 11.3 Å². The van der Waals surface area contributed by atoms with Crippen LogP contribution >= 0.6 is 27.3 Å². The fourth-order valence-electron chi connectivity index (χ4n) is 2.57. The lowest BCUT2D eigenvalue weighted by Crippen LogP contribution is -2.31. The molecule has 0 aliphatic carbocycles. The first-order chi connectivity index (χ1) is 13.4. The second kappa shape index (κ2) is 8.80. The van der Waals surface area contributed by atoms with Gasteiger partial charge in [0.2, 0.25) is 0 Å². The highest BCUT2D eigenvalue weighted by Crippen LogP contribution is 2.28. The van der Waals surface area contributed by atoms with Crippen LogP contribution in [-0.4, -0.2) is 24.3 Å². The molecule has 0 fully saturated rings. The van der Waals surface area contributed by atoms with E-state index in [1.54, 1.807) is 29.6 Å². The smallest absolute Gasteiger partial charge is 0.223 e. The Bertz CT molecular complexity index is 1130. The molecule has 0 unspecified atom stereocenters. The average Bonchev–Trinajstić information content (AvgIpc) is 3.19. The lowest BCUT2D eigenvalue weighted by atomic mass is 10.1. The van der Waals surface area contributed by atoms with Crippen LogP contribution in [-0.2, 0) is 16.6 Å². The van der Waals surface area contributed by atoms with Crippen LogP contribution in [0.15, 0.2) is 76.1 Å². The molecule has 3 rings (SSSR count). The van der Waals surface area contributed by atoms with Gasteiger partial charge in [-0.3, -0.25) is 0 Å². The fraction of sp³-hybridized carbons (Fsp3) is 0.100. The molecule has 0 spiro atoms. The zero-order valence-electron chi connectivity index (χ0n) is 14.7. The molecular formula is C20H16BrN3O2S2. The zero-order valence-corrected chi connectivity index (χ0v) is 18.0. The van der Waals surface area contributed by atoms with Gasteiger partial charge in [-0.25, -0.2) is 13.4 Å². The Hall–Kier alpha value is -2.31. The number of thiazole rings is 1. The highest BCUT2D eigenvalue weighted by molar-refractivity contribution is 9.10. The van der Waals surface area contributed by atoms with Gasteiger partial charge in [0.25, 0.3) is 10.0 Å². The average molecular weight is 474 g/mol. The first kappa shape index (κ1) is 20.4. The topological polar surface area (TPSA) is 74.1 Å². The third kappa shape index (κ3) is 4.56. The molecular weight excluding hydrogens is 458 g/mol. The molecule has 28 heavy (non-hydrogen) atoms. The molecule has 0 N–H and O–H groups in total. The Morgan fingerprint density at radius 3 is 2.68 bits per heavy atom. The van der Waals surface area contributed by atoms with Gasteiger partial charge in [-0.2, -0.15) is 9.57 Å². The van der Waals surface area contributed by atoms with Gasteiger partial charge < -0.3 is 0 Å². The number of sulfonamides is 1. The van der Waals surface area contributed by atoms with Crippen molar-refractivity contribution in [3.05, 3.63) is 82.2 Å². The highest BCUT2D eigenvalue weighted by atomic mass is 79.9. The number of benzene rings is 2. The maximum absolute atomic E-state index is 13.1. The van der Waals surface area contributed by atoms with E-state index in [4.69, 9.17) is 5.26 Å². The maximum Gasteiger partial charge on any atom is 0.261 e. The standard InChI is InChI=1S/C20H16BrN3O2S2/c1-2-10-24(13-16-5-3-4-15(11-16)12-22)28(25,26)19-14-27-20(23-19)17-6-8-18(21)9-7-17/h2-9,11,14H,1,10,13H2. The van der Waals surface area contributed by atoms with Gasteiger partial charge in [-0.05, 0) is 29.8 Å². The number of halogens is 1. The van der Waals surface area contributed by atoms with Crippen LogP contribution in [0.5, 0.6) is 0 Å². The molecule has 0 bridgehead atoms. The number of nitriles is 1. The molecule has 1 heterocycles. The summed E-state index contributed by atoms with van der Waals surface area (Å²) in [7, 11) is -3.81. The van der Waals surface area contributed by atoms with Crippen molar-refractivity contribution in [2.24, 2.45) is 0 Å². The summed E-state index contributed by atoms with van der Waals surface area (Å²) in [4.78, 5) is 4.35. The van der Waals surface area contributed by atoms with Crippen molar-refractivity contribution in [1.29, 1.82) is 5.26 Å². The predicted molar refractivity (Wildman–Crippen MR) is 114 cm³/mol. The minimum Gasteiger partial charge on any atom is -0.223 e. The number of hydrogen-bond donors (Lipinski definition) is 0. The van der Waals surface area contributed by atoms with Crippen LogP contribution < -0.4 is 0 Å². The van der Waals surface area contributed by atoms with Gasteiger partial charge in [0.05, 0.1) is 11.6 Å². The van der Waals surface area contributed by atoms with Gasteiger partial charge in [0, 0.05) is 28.5 Å². The van der Waals surface area contributed by atoms with E-state index in [0.717, 1.165) is 15.6 Å². The third-order valence-electron chi connectivity index (χ3n) is 3.93. The molecule has 0 atom stereocenters. The summed E-state index contributed by atoms with van der Waals surface area (Å²) in [6.07, 6.45) is 1.54. The van der Waals surface area contributed by atoms with Crippen molar-refractivity contribution in [3.63, 3.8) is 0 Å². The molecule has 0 saturated heterocycles. The molecule has 2 aromatic carbocycles. The Morgan fingerprint density at radius 1 is 1.25 bits per heavy atom. The van der Waals surface area contributed by atoms with E-state index in [0.29, 0.717) is 10.6 Å². The first-order valence-corrected chi connectivity index (χ1v) is 11.4. The van der Waals surface area contributed by atoms with Crippen molar-refractivity contribution >= 4 is 37.3 Å². The van der Waals surface area contributed by atoms with Gasteiger partial charge in [-0.15, -0.1) is 17.9 Å². The fourth-order valence-corrected chi connectivity index (χ4v) is 5.30. The summed E-state index contributed by atoms with van der Waals surface area (Å²) in [5.74, 6) is 0. The minimum absolute atomic E-state index is 0.00806. The van der Waals surface area contributed by atoms with Crippen molar-refractivity contribution in [2.75, 3.05) is 6.54 Å². The lowest BCUT2D eigenvalue weighted by molar-refractivity contribution is 0.436. The summed E-state index contributed by atoms with van der Waals surface area (Å²) in [6, 6.07) is 16.5. The summed E-state index contributed by atoms with van der Waals surface area (Å²) in [5, 5.41) is 11.2. The van der Waals surface area contributed by atoms with Crippen molar-refractivity contribution < 1.29 is 8.42 Å². The molecule has 0 amide bonds. The van der Waals surface area contributed by atoms with E-state index < -0.39 is 10.0 Å². The van der Waals surface area contributed by atoms with Gasteiger partial charge in [0.15, 0.2) is 5.03 Å². The Balaban J connectivity index is 1.90. The monoisotopic (exact) mass is 473 g/mol. The Morgan fingerprint density at radius 2 is 2.00 bits per heavy atom. The maximum atomic E-state index is 13.1. The van der Waals surface area contributed by atoms with Crippen molar-refractivity contribution in [3.8, 4) is 16.6 Å². The SMILES string of the molecule is C=CCN(Cc1cccc(C#N)c1)S(=O)(=O)c1csc(-c2ccc(Br)cc2)n1. The van der Waals surface area contributed by atoms with E-state index in [9.17, 15) is 8.42 Å². The molecule has 142 valence electrons. The number of nitrogens with zero attached hydrogens (tertiary/aromatic N) is 3. The van der Waals surface area contributed by atoms with Crippen LogP contribution in [0.4, 0.5) is 0 Å². The molecule has 8 heteroatoms. The highest BCUT2D eigenvalue weighted by Gasteiger charge is 2.27. The van der Waals surface area contributed by atoms with Crippen LogP contribution in [0.2, 0.25) is 0 Å². The number of rotatable bonds is 7. The molecule has 5 nitrogen and oxygen atoms in total. The van der Waals surface area contributed by atoms with Crippen molar-refractivity contribution in [1.82, 2.24) is 9.29 Å².